The lowest BCUT2D eigenvalue weighted by Gasteiger charge is -2.37. The summed E-state index contributed by atoms with van der Waals surface area (Å²) in [6.07, 6.45) is 2.45. The molecule has 0 amide bonds. The highest BCUT2D eigenvalue weighted by atomic mass is 16.4. The fourth-order valence-electron chi connectivity index (χ4n) is 2.06. The highest BCUT2D eigenvalue weighted by Crippen LogP contribution is 2.09. The Morgan fingerprint density at radius 1 is 1.50 bits per heavy atom. The molecule has 4 nitrogen and oxygen atoms in total. The summed E-state index contributed by atoms with van der Waals surface area (Å²) in [5, 5.41) is 8.92. The van der Waals surface area contributed by atoms with Crippen LogP contribution in [0.15, 0.2) is 11.6 Å². The first-order chi connectivity index (χ1) is 7.54. The van der Waals surface area contributed by atoms with Crippen LogP contribution in [0, 0.1) is 0 Å². The van der Waals surface area contributed by atoms with Gasteiger partial charge in [-0.25, -0.2) is 4.79 Å². The Hall–Kier alpha value is -0.870. The lowest BCUT2D eigenvalue weighted by atomic mass is 10.1. The van der Waals surface area contributed by atoms with Gasteiger partial charge in [-0.1, -0.05) is 13.0 Å². The molecule has 1 aliphatic heterocycles. The first-order valence-corrected chi connectivity index (χ1v) is 5.89. The Balaban J connectivity index is 2.51. The van der Waals surface area contributed by atoms with Crippen molar-refractivity contribution in [1.82, 2.24) is 9.80 Å². The molecule has 0 radical (unpaired) electrons. The van der Waals surface area contributed by atoms with Crippen molar-refractivity contribution in [2.75, 3.05) is 33.2 Å². The summed E-state index contributed by atoms with van der Waals surface area (Å²) < 4.78 is 0. The molecule has 0 aromatic rings. The monoisotopic (exact) mass is 226 g/mol. The minimum absolute atomic E-state index is 0.502. The molecule has 1 fully saturated rings. The molecule has 0 aliphatic carbocycles. The molecule has 1 N–H and O–H groups in total. The summed E-state index contributed by atoms with van der Waals surface area (Å²) in [6.45, 7) is 7.97. The van der Waals surface area contributed by atoms with Crippen molar-refractivity contribution in [3.63, 3.8) is 0 Å². The third-order valence-corrected chi connectivity index (χ3v) is 3.20. The second-order valence-corrected chi connectivity index (χ2v) is 4.49. The number of likely N-dealkylation sites (N-methyl/N-ethyl adjacent to an activating group) is 1. The van der Waals surface area contributed by atoms with Gasteiger partial charge in [-0.3, -0.25) is 4.90 Å². The van der Waals surface area contributed by atoms with Crippen LogP contribution in [0.25, 0.3) is 0 Å². The standard InChI is InChI=1S/C12H22N2O2/c1-4-11(12(15)16)5-6-14-8-7-13(3)9-10(14)2/h5,10H,4,6-9H2,1-3H3,(H,15,16). The van der Waals surface area contributed by atoms with Crippen molar-refractivity contribution in [3.8, 4) is 0 Å². The highest BCUT2D eigenvalue weighted by molar-refractivity contribution is 5.86. The van der Waals surface area contributed by atoms with E-state index in [1.807, 2.05) is 13.0 Å². The number of carboxylic acids is 1. The molecule has 0 saturated carbocycles. The van der Waals surface area contributed by atoms with Crippen molar-refractivity contribution in [2.45, 2.75) is 26.3 Å². The van der Waals surface area contributed by atoms with E-state index in [0.717, 1.165) is 26.2 Å². The van der Waals surface area contributed by atoms with E-state index in [9.17, 15) is 4.79 Å². The second-order valence-electron chi connectivity index (χ2n) is 4.49. The zero-order valence-corrected chi connectivity index (χ0v) is 10.4. The first kappa shape index (κ1) is 13.2. The van der Waals surface area contributed by atoms with Gasteiger partial charge in [0.1, 0.15) is 0 Å². The smallest absolute Gasteiger partial charge is 0.331 e. The third-order valence-electron chi connectivity index (χ3n) is 3.20. The number of hydrogen-bond acceptors (Lipinski definition) is 3. The summed E-state index contributed by atoms with van der Waals surface area (Å²) in [5.41, 5.74) is 0.520. The van der Waals surface area contributed by atoms with Gasteiger partial charge in [0.25, 0.3) is 0 Å². The molecule has 0 spiro atoms. The molecule has 1 saturated heterocycles. The van der Waals surface area contributed by atoms with Gasteiger partial charge < -0.3 is 10.0 Å². The largest absolute Gasteiger partial charge is 0.478 e. The predicted molar refractivity (Wildman–Crippen MR) is 64.5 cm³/mol. The van der Waals surface area contributed by atoms with Crippen molar-refractivity contribution in [2.24, 2.45) is 0 Å². The molecule has 1 atom stereocenters. The SMILES string of the molecule is CCC(=CCN1CCN(C)CC1C)C(=O)O. The second kappa shape index (κ2) is 6.01. The molecule has 1 aliphatic rings. The summed E-state index contributed by atoms with van der Waals surface area (Å²) >= 11 is 0. The Labute approximate surface area is 97.5 Å². The maximum Gasteiger partial charge on any atom is 0.331 e. The van der Waals surface area contributed by atoms with Crippen LogP contribution < -0.4 is 0 Å². The topological polar surface area (TPSA) is 43.8 Å². The van der Waals surface area contributed by atoms with E-state index in [2.05, 4.69) is 23.8 Å². The first-order valence-electron chi connectivity index (χ1n) is 5.89. The summed E-state index contributed by atoms with van der Waals surface area (Å²) in [6, 6.07) is 0.502. The Kier molecular flexibility index (Phi) is 4.96. The van der Waals surface area contributed by atoms with E-state index in [1.165, 1.54) is 0 Å². The van der Waals surface area contributed by atoms with E-state index in [1.54, 1.807) is 0 Å². The molecule has 1 heterocycles. The van der Waals surface area contributed by atoms with Crippen LogP contribution in [-0.4, -0.2) is 60.1 Å². The Bertz CT molecular complexity index is 276. The van der Waals surface area contributed by atoms with Gasteiger partial charge in [-0.05, 0) is 20.4 Å². The minimum atomic E-state index is -0.788. The van der Waals surface area contributed by atoms with E-state index in [0.29, 0.717) is 18.0 Å². The summed E-state index contributed by atoms with van der Waals surface area (Å²) in [4.78, 5) is 15.5. The zero-order valence-electron chi connectivity index (χ0n) is 10.4. The van der Waals surface area contributed by atoms with Crippen molar-refractivity contribution < 1.29 is 9.90 Å². The van der Waals surface area contributed by atoms with Crippen molar-refractivity contribution >= 4 is 5.97 Å². The number of piperazine rings is 1. The van der Waals surface area contributed by atoms with Crippen LogP contribution in [-0.2, 0) is 4.79 Å². The molecular weight excluding hydrogens is 204 g/mol. The highest BCUT2D eigenvalue weighted by Gasteiger charge is 2.20. The van der Waals surface area contributed by atoms with Crippen LogP contribution in [0.1, 0.15) is 20.3 Å². The summed E-state index contributed by atoms with van der Waals surface area (Å²) in [5.74, 6) is -0.788. The Morgan fingerprint density at radius 3 is 2.69 bits per heavy atom. The maximum absolute atomic E-state index is 10.8. The number of nitrogens with zero attached hydrogens (tertiary/aromatic N) is 2. The molecular formula is C12H22N2O2. The number of carbonyl (C=O) groups is 1. The molecule has 16 heavy (non-hydrogen) atoms. The van der Waals surface area contributed by atoms with Crippen LogP contribution >= 0.6 is 0 Å². The van der Waals surface area contributed by atoms with Crippen LogP contribution in [0.4, 0.5) is 0 Å². The molecule has 0 bridgehead atoms. The van der Waals surface area contributed by atoms with E-state index in [-0.39, 0.29) is 0 Å². The molecule has 0 aromatic carbocycles. The van der Waals surface area contributed by atoms with Gasteiger partial charge in [0, 0.05) is 37.8 Å². The van der Waals surface area contributed by atoms with Gasteiger partial charge in [0.15, 0.2) is 0 Å². The van der Waals surface area contributed by atoms with Crippen LogP contribution in [0.3, 0.4) is 0 Å². The van der Waals surface area contributed by atoms with Crippen LogP contribution in [0.2, 0.25) is 0 Å². The molecule has 92 valence electrons. The van der Waals surface area contributed by atoms with Gasteiger partial charge in [0.05, 0.1) is 0 Å². The van der Waals surface area contributed by atoms with Gasteiger partial charge in [-0.15, -0.1) is 0 Å². The van der Waals surface area contributed by atoms with Gasteiger partial charge in [-0.2, -0.15) is 0 Å². The predicted octanol–water partition coefficient (Wildman–Crippen LogP) is 1.04. The van der Waals surface area contributed by atoms with E-state index >= 15 is 0 Å². The maximum atomic E-state index is 10.8. The minimum Gasteiger partial charge on any atom is -0.478 e. The quantitative estimate of drug-likeness (QED) is 0.728. The fourth-order valence-corrected chi connectivity index (χ4v) is 2.06. The van der Waals surface area contributed by atoms with E-state index < -0.39 is 5.97 Å². The molecule has 1 rings (SSSR count). The molecule has 1 unspecified atom stereocenters. The number of aliphatic carboxylic acids is 1. The van der Waals surface area contributed by atoms with Crippen LogP contribution in [0.5, 0.6) is 0 Å². The Morgan fingerprint density at radius 2 is 2.19 bits per heavy atom. The van der Waals surface area contributed by atoms with Gasteiger partial charge in [0.2, 0.25) is 0 Å². The van der Waals surface area contributed by atoms with E-state index in [4.69, 9.17) is 5.11 Å². The number of hydrogen-bond donors (Lipinski definition) is 1. The fraction of sp³-hybridized carbons (Fsp3) is 0.750. The van der Waals surface area contributed by atoms with Crippen molar-refractivity contribution in [1.29, 1.82) is 0 Å². The molecule has 4 heteroatoms. The zero-order chi connectivity index (χ0) is 12.1. The third kappa shape index (κ3) is 3.61. The average molecular weight is 226 g/mol. The number of carboxylic acid groups (broad SMARTS) is 1. The lowest BCUT2D eigenvalue weighted by molar-refractivity contribution is -0.132. The number of rotatable bonds is 4. The summed E-state index contributed by atoms with van der Waals surface area (Å²) in [7, 11) is 2.12. The molecule has 0 aromatic heterocycles. The normalized spacial score (nSPS) is 24.7. The van der Waals surface area contributed by atoms with Crippen molar-refractivity contribution in [3.05, 3.63) is 11.6 Å². The lowest BCUT2D eigenvalue weighted by Crippen LogP contribution is -2.50. The van der Waals surface area contributed by atoms with Gasteiger partial charge >= 0.3 is 5.97 Å². The average Bonchev–Trinajstić information content (AvgIpc) is 2.21.